The molecule has 2 atom stereocenters. The minimum Gasteiger partial charge on any atom is -0.296 e. The number of hydrogen-bond acceptors (Lipinski definition) is 4. The molecule has 0 bridgehead atoms. The quantitative estimate of drug-likeness (QED) is 0.742. The first-order chi connectivity index (χ1) is 11.8. The van der Waals surface area contributed by atoms with Crippen LogP contribution in [0.25, 0.3) is 0 Å². The van der Waals surface area contributed by atoms with E-state index in [1.807, 2.05) is 33.9 Å². The Bertz CT molecular complexity index is 512. The summed E-state index contributed by atoms with van der Waals surface area (Å²) in [5.41, 5.74) is 0. The van der Waals surface area contributed by atoms with Crippen LogP contribution in [0.5, 0.6) is 0 Å². The largest absolute Gasteiger partial charge is 0.296 e. The number of aromatic nitrogens is 4. The van der Waals surface area contributed by atoms with Crippen LogP contribution in [0, 0.1) is 0 Å². The normalized spacial score (nSPS) is 22.9. The maximum Gasteiger partial charge on any atom is 0.0536 e. The molecular weight excluding hydrogens is 300 g/mol. The number of hydrogen-bond donors (Lipinski definition) is 0. The molecule has 0 radical (unpaired) electrons. The maximum atomic E-state index is 4.33. The van der Waals surface area contributed by atoms with Crippen molar-refractivity contribution in [1.82, 2.24) is 29.4 Å². The van der Waals surface area contributed by atoms with Gasteiger partial charge in [0, 0.05) is 63.1 Å². The van der Waals surface area contributed by atoms with Crippen LogP contribution in [-0.4, -0.2) is 67.6 Å². The summed E-state index contributed by atoms with van der Waals surface area (Å²) in [7, 11) is 0. The summed E-state index contributed by atoms with van der Waals surface area (Å²) in [6, 6.07) is 5.28. The zero-order chi connectivity index (χ0) is 16.8. The van der Waals surface area contributed by atoms with Crippen molar-refractivity contribution >= 4 is 0 Å². The summed E-state index contributed by atoms with van der Waals surface area (Å²) in [5.74, 6) is 0. The lowest BCUT2D eigenvalue weighted by atomic mass is 10.0. The Morgan fingerprint density at radius 1 is 0.750 bits per heavy atom. The van der Waals surface area contributed by atoms with Gasteiger partial charge in [0.05, 0.1) is 13.1 Å². The second kappa shape index (κ2) is 8.44. The smallest absolute Gasteiger partial charge is 0.0536 e. The van der Waals surface area contributed by atoms with E-state index in [0.717, 1.165) is 39.3 Å². The second-order valence-corrected chi connectivity index (χ2v) is 6.65. The molecule has 132 valence electrons. The second-order valence-electron chi connectivity index (χ2n) is 6.65. The molecule has 3 rings (SSSR count). The summed E-state index contributed by atoms with van der Waals surface area (Å²) in [4.78, 5) is 5.33. The molecule has 1 aliphatic rings. The van der Waals surface area contributed by atoms with E-state index in [-0.39, 0.29) is 0 Å². The standard InChI is InChI=1S/C18H30N6/c1-3-17-15-22(12-14-24-10-6-8-20-24)18(4-2)16-21(17)11-13-23-9-5-7-19-23/h5-10,17-18H,3-4,11-16H2,1-2H3. The van der Waals surface area contributed by atoms with E-state index in [0.29, 0.717) is 12.1 Å². The Labute approximate surface area is 145 Å². The van der Waals surface area contributed by atoms with Gasteiger partial charge in [0.25, 0.3) is 0 Å². The summed E-state index contributed by atoms with van der Waals surface area (Å²) in [5, 5.41) is 8.67. The van der Waals surface area contributed by atoms with Crippen molar-refractivity contribution in [2.24, 2.45) is 0 Å². The average Bonchev–Trinajstić information content (AvgIpc) is 3.31. The van der Waals surface area contributed by atoms with Gasteiger partial charge in [-0.15, -0.1) is 0 Å². The lowest BCUT2D eigenvalue weighted by Gasteiger charge is -2.46. The zero-order valence-electron chi connectivity index (χ0n) is 15.0. The Morgan fingerprint density at radius 3 is 1.54 bits per heavy atom. The summed E-state index contributed by atoms with van der Waals surface area (Å²) in [6.07, 6.45) is 10.2. The van der Waals surface area contributed by atoms with Gasteiger partial charge in [0.1, 0.15) is 0 Å². The van der Waals surface area contributed by atoms with Gasteiger partial charge in [-0.3, -0.25) is 19.2 Å². The summed E-state index contributed by atoms with van der Waals surface area (Å²) < 4.78 is 4.08. The van der Waals surface area contributed by atoms with Crippen LogP contribution < -0.4 is 0 Å². The average molecular weight is 330 g/mol. The van der Waals surface area contributed by atoms with Gasteiger partial charge in [-0.25, -0.2) is 0 Å². The van der Waals surface area contributed by atoms with Crippen LogP contribution in [0.2, 0.25) is 0 Å². The van der Waals surface area contributed by atoms with Crippen molar-refractivity contribution in [3.63, 3.8) is 0 Å². The molecule has 1 fully saturated rings. The van der Waals surface area contributed by atoms with Crippen molar-refractivity contribution in [1.29, 1.82) is 0 Å². The van der Waals surface area contributed by atoms with E-state index in [4.69, 9.17) is 0 Å². The van der Waals surface area contributed by atoms with E-state index in [1.165, 1.54) is 12.8 Å². The molecule has 2 aromatic heterocycles. The maximum absolute atomic E-state index is 4.33. The van der Waals surface area contributed by atoms with E-state index >= 15 is 0 Å². The van der Waals surface area contributed by atoms with Gasteiger partial charge in [-0.05, 0) is 25.0 Å². The lowest BCUT2D eigenvalue weighted by molar-refractivity contribution is 0.0200. The van der Waals surface area contributed by atoms with Crippen LogP contribution >= 0.6 is 0 Å². The van der Waals surface area contributed by atoms with E-state index < -0.39 is 0 Å². The van der Waals surface area contributed by atoms with Crippen LogP contribution in [0.15, 0.2) is 36.9 Å². The van der Waals surface area contributed by atoms with Gasteiger partial charge < -0.3 is 0 Å². The van der Waals surface area contributed by atoms with Crippen molar-refractivity contribution in [2.75, 3.05) is 26.2 Å². The number of rotatable bonds is 8. The van der Waals surface area contributed by atoms with E-state index in [1.54, 1.807) is 0 Å². The zero-order valence-corrected chi connectivity index (χ0v) is 15.0. The third kappa shape index (κ3) is 4.24. The predicted molar refractivity (Wildman–Crippen MR) is 95.8 cm³/mol. The molecule has 0 amide bonds. The fourth-order valence-corrected chi connectivity index (χ4v) is 3.72. The minimum absolute atomic E-state index is 0.640. The fourth-order valence-electron chi connectivity index (χ4n) is 3.72. The highest BCUT2D eigenvalue weighted by molar-refractivity contribution is 4.88. The molecule has 2 unspecified atom stereocenters. The Kier molecular flexibility index (Phi) is 6.04. The van der Waals surface area contributed by atoms with Crippen molar-refractivity contribution in [2.45, 2.75) is 51.9 Å². The van der Waals surface area contributed by atoms with Crippen molar-refractivity contribution in [3.05, 3.63) is 36.9 Å². The van der Waals surface area contributed by atoms with Gasteiger partial charge in [-0.1, -0.05) is 13.8 Å². The molecule has 6 nitrogen and oxygen atoms in total. The van der Waals surface area contributed by atoms with Crippen LogP contribution in [0.3, 0.4) is 0 Å². The molecular formula is C18H30N6. The molecule has 0 N–H and O–H groups in total. The highest BCUT2D eigenvalue weighted by Crippen LogP contribution is 2.19. The molecule has 6 heteroatoms. The number of nitrogens with zero attached hydrogens (tertiary/aromatic N) is 6. The molecule has 1 saturated heterocycles. The van der Waals surface area contributed by atoms with Gasteiger partial charge in [0.2, 0.25) is 0 Å². The highest BCUT2D eigenvalue weighted by Gasteiger charge is 2.31. The van der Waals surface area contributed by atoms with Gasteiger partial charge >= 0.3 is 0 Å². The minimum atomic E-state index is 0.640. The van der Waals surface area contributed by atoms with Crippen molar-refractivity contribution < 1.29 is 0 Å². The molecule has 0 aliphatic carbocycles. The molecule has 1 aliphatic heterocycles. The van der Waals surface area contributed by atoms with Crippen LogP contribution in [0.1, 0.15) is 26.7 Å². The first kappa shape index (κ1) is 17.2. The SMILES string of the molecule is CCC1CN(CCn2cccn2)C(CC)CN1CCn1cccn1. The Balaban J connectivity index is 1.56. The van der Waals surface area contributed by atoms with Crippen LogP contribution in [-0.2, 0) is 13.1 Å². The van der Waals surface area contributed by atoms with E-state index in [2.05, 4.69) is 46.2 Å². The first-order valence-corrected chi connectivity index (χ1v) is 9.23. The van der Waals surface area contributed by atoms with Crippen molar-refractivity contribution in [3.8, 4) is 0 Å². The Morgan fingerprint density at radius 2 is 1.21 bits per heavy atom. The number of piperazine rings is 1. The monoisotopic (exact) mass is 330 g/mol. The predicted octanol–water partition coefficient (Wildman–Crippen LogP) is 1.95. The lowest BCUT2D eigenvalue weighted by Crippen LogP contribution is -2.58. The fraction of sp³-hybridized carbons (Fsp3) is 0.667. The Hall–Kier alpha value is -1.66. The molecule has 0 aromatic carbocycles. The topological polar surface area (TPSA) is 42.1 Å². The summed E-state index contributed by atoms with van der Waals surface area (Å²) in [6.45, 7) is 11.1. The first-order valence-electron chi connectivity index (χ1n) is 9.23. The molecule has 0 spiro atoms. The van der Waals surface area contributed by atoms with Crippen LogP contribution in [0.4, 0.5) is 0 Å². The van der Waals surface area contributed by atoms with Gasteiger partial charge in [0.15, 0.2) is 0 Å². The third-order valence-corrected chi connectivity index (χ3v) is 5.22. The third-order valence-electron chi connectivity index (χ3n) is 5.22. The molecule has 24 heavy (non-hydrogen) atoms. The van der Waals surface area contributed by atoms with E-state index in [9.17, 15) is 0 Å². The summed E-state index contributed by atoms with van der Waals surface area (Å²) >= 11 is 0. The highest BCUT2D eigenvalue weighted by atomic mass is 15.3. The molecule has 3 heterocycles. The molecule has 2 aromatic rings. The van der Waals surface area contributed by atoms with Gasteiger partial charge in [-0.2, -0.15) is 10.2 Å². The molecule has 0 saturated carbocycles.